The minimum absolute atomic E-state index is 0.0227. The fourth-order valence-electron chi connectivity index (χ4n) is 6.54. The number of aliphatic hydroxyl groups is 1. The number of alkyl halides is 1. The molecule has 0 radical (unpaired) electrons. The largest absolute Gasteiger partial charge is 0.461 e. The van der Waals surface area contributed by atoms with E-state index in [1.807, 2.05) is 13.8 Å². The molecule has 38 heavy (non-hydrogen) atoms. The molecule has 2 amide bonds. The van der Waals surface area contributed by atoms with E-state index in [1.165, 1.54) is 11.0 Å². The lowest BCUT2D eigenvalue weighted by molar-refractivity contribution is -0.156. The Bertz CT molecular complexity index is 926. The average Bonchev–Trinajstić information content (AvgIpc) is 3.49. The van der Waals surface area contributed by atoms with Crippen LogP contribution in [0.1, 0.15) is 20.3 Å². The van der Waals surface area contributed by atoms with Crippen LogP contribution in [-0.2, 0) is 28.6 Å². The minimum Gasteiger partial charge on any atom is -0.461 e. The van der Waals surface area contributed by atoms with Crippen molar-refractivity contribution >= 4 is 33.7 Å². The van der Waals surface area contributed by atoms with Crippen molar-refractivity contribution in [2.24, 2.45) is 17.8 Å². The van der Waals surface area contributed by atoms with Gasteiger partial charge >= 0.3 is 5.97 Å². The number of likely N-dealkylation sites (tertiary alicyclic amines) is 1. The van der Waals surface area contributed by atoms with E-state index in [-0.39, 0.29) is 35.8 Å². The molecule has 10 nitrogen and oxygen atoms in total. The molecule has 0 aromatic carbocycles. The molecule has 4 aliphatic heterocycles. The lowest BCUT2D eigenvalue weighted by Crippen LogP contribution is -2.60. The number of carbonyl (C=O) groups is 3. The Kier molecular flexibility index (Phi) is 9.34. The van der Waals surface area contributed by atoms with Crippen LogP contribution in [0.4, 0.5) is 0 Å². The van der Waals surface area contributed by atoms with Crippen LogP contribution in [0.2, 0.25) is 0 Å². The van der Waals surface area contributed by atoms with Crippen molar-refractivity contribution in [1.29, 1.82) is 0 Å². The molecule has 11 heteroatoms. The zero-order valence-electron chi connectivity index (χ0n) is 22.3. The number of hydrogen-bond acceptors (Lipinski definition) is 8. The van der Waals surface area contributed by atoms with E-state index in [1.54, 1.807) is 11.0 Å². The van der Waals surface area contributed by atoms with Crippen molar-refractivity contribution in [3.8, 4) is 0 Å². The van der Waals surface area contributed by atoms with Crippen molar-refractivity contribution in [2.45, 2.75) is 48.9 Å². The quantitative estimate of drug-likeness (QED) is 0.200. The zero-order valence-corrected chi connectivity index (χ0v) is 23.9. The van der Waals surface area contributed by atoms with Crippen LogP contribution in [0.5, 0.6) is 0 Å². The first-order chi connectivity index (χ1) is 18.2. The van der Waals surface area contributed by atoms with Gasteiger partial charge in [0.05, 0.1) is 43.8 Å². The van der Waals surface area contributed by atoms with E-state index >= 15 is 0 Å². The van der Waals surface area contributed by atoms with E-state index in [2.05, 4.69) is 34.0 Å². The number of amides is 2. The molecule has 0 saturated carbocycles. The van der Waals surface area contributed by atoms with Crippen molar-refractivity contribution in [3.63, 3.8) is 0 Å². The van der Waals surface area contributed by atoms with E-state index < -0.39 is 41.6 Å². The number of nitrogens with zero attached hydrogens (tertiary/aromatic N) is 3. The van der Waals surface area contributed by atoms with Gasteiger partial charge in [-0.25, -0.2) is 0 Å². The Morgan fingerprint density at radius 2 is 2.00 bits per heavy atom. The van der Waals surface area contributed by atoms with Crippen LogP contribution < -0.4 is 0 Å². The monoisotopic (exact) mass is 597 g/mol. The predicted molar refractivity (Wildman–Crippen MR) is 143 cm³/mol. The number of halogens is 1. The lowest BCUT2D eigenvalue weighted by Gasteiger charge is -2.41. The molecule has 0 aromatic heterocycles. The summed E-state index contributed by atoms with van der Waals surface area (Å²) in [5, 5.41) is 10.4. The van der Waals surface area contributed by atoms with E-state index in [0.29, 0.717) is 39.3 Å². The van der Waals surface area contributed by atoms with Gasteiger partial charge < -0.3 is 29.1 Å². The first kappa shape index (κ1) is 29.2. The SMILES string of the molecule is C=CCOC(=O)[C@H]1[C@H]2C(=O)N([C@@H](CO)C(C)C)C(C(=O)N(CC=C)CCN3CCOCC3)C23CC(Br)[C@@H]1O3. The third-order valence-corrected chi connectivity index (χ3v) is 9.19. The summed E-state index contributed by atoms with van der Waals surface area (Å²) in [5.41, 5.74) is -1.20. The normalized spacial score (nSPS) is 33.3. The lowest BCUT2D eigenvalue weighted by atomic mass is 9.70. The Morgan fingerprint density at radius 3 is 2.61 bits per heavy atom. The van der Waals surface area contributed by atoms with Crippen LogP contribution in [0.3, 0.4) is 0 Å². The number of aliphatic hydroxyl groups excluding tert-OH is 1. The van der Waals surface area contributed by atoms with Gasteiger partial charge in [0.1, 0.15) is 18.2 Å². The van der Waals surface area contributed by atoms with Crippen LogP contribution in [0.15, 0.2) is 25.3 Å². The molecule has 3 unspecified atom stereocenters. The summed E-state index contributed by atoms with van der Waals surface area (Å²) < 4.78 is 17.4. The average molecular weight is 599 g/mol. The fraction of sp³-hybridized carbons (Fsp3) is 0.741. The summed E-state index contributed by atoms with van der Waals surface area (Å²) >= 11 is 3.66. The number of hydrogen-bond donors (Lipinski definition) is 1. The molecule has 1 N–H and O–H groups in total. The molecule has 7 atom stereocenters. The Morgan fingerprint density at radius 1 is 1.29 bits per heavy atom. The van der Waals surface area contributed by atoms with Crippen LogP contribution in [0.25, 0.3) is 0 Å². The molecule has 1 spiro atoms. The number of rotatable bonds is 12. The minimum atomic E-state index is -1.20. The van der Waals surface area contributed by atoms with Gasteiger partial charge in [0, 0.05) is 37.6 Å². The summed E-state index contributed by atoms with van der Waals surface area (Å²) in [5.74, 6) is -2.98. The van der Waals surface area contributed by atoms with Gasteiger partial charge in [-0.05, 0) is 12.3 Å². The molecule has 4 fully saturated rings. The first-order valence-corrected chi connectivity index (χ1v) is 14.4. The third kappa shape index (κ3) is 5.08. The maximum Gasteiger partial charge on any atom is 0.312 e. The zero-order chi connectivity index (χ0) is 27.6. The maximum absolute atomic E-state index is 14.4. The molecule has 0 aromatic rings. The highest BCUT2D eigenvalue weighted by Gasteiger charge is 2.77. The maximum atomic E-state index is 14.4. The Hall–Kier alpha value is -1.79. The van der Waals surface area contributed by atoms with E-state index in [9.17, 15) is 19.5 Å². The Balaban J connectivity index is 1.70. The van der Waals surface area contributed by atoms with Crippen LogP contribution in [0, 0.1) is 17.8 Å². The smallest absolute Gasteiger partial charge is 0.312 e. The van der Waals surface area contributed by atoms with Gasteiger partial charge in [-0.3, -0.25) is 19.3 Å². The van der Waals surface area contributed by atoms with Crippen molar-refractivity contribution in [3.05, 3.63) is 25.3 Å². The van der Waals surface area contributed by atoms with Gasteiger partial charge in [0.2, 0.25) is 11.8 Å². The van der Waals surface area contributed by atoms with Gasteiger partial charge in [-0.2, -0.15) is 0 Å². The number of morpholine rings is 1. The van der Waals surface area contributed by atoms with Crippen LogP contribution in [-0.4, -0.2) is 125 Å². The standard InChI is InChI=1S/C27H40BrN3O7/c1-5-7-30(9-8-29-10-13-36-14-11-29)25(34)23-27-15-18(28)22(38-27)20(26(35)37-12-6-2)21(27)24(33)31(23)19(16-32)17(3)4/h5-6,17-23,32H,1-2,7-16H2,3-4H3/t18?,19-,20-,21-,22-,23?,27?/m0/s1. The molecular weight excluding hydrogens is 558 g/mol. The molecule has 0 aliphatic carbocycles. The molecule has 4 heterocycles. The van der Waals surface area contributed by atoms with Gasteiger partial charge in [-0.1, -0.05) is 48.5 Å². The topological polar surface area (TPSA) is 109 Å². The Labute approximate surface area is 233 Å². The van der Waals surface area contributed by atoms with Crippen molar-refractivity contribution in [1.82, 2.24) is 14.7 Å². The highest BCUT2D eigenvalue weighted by atomic mass is 79.9. The van der Waals surface area contributed by atoms with Crippen molar-refractivity contribution < 1.29 is 33.7 Å². The molecule has 2 bridgehead atoms. The van der Waals surface area contributed by atoms with E-state index in [0.717, 1.165) is 13.1 Å². The second kappa shape index (κ2) is 12.2. The predicted octanol–water partition coefficient (Wildman–Crippen LogP) is 0.827. The molecular formula is C27H40BrN3O7. The van der Waals surface area contributed by atoms with Gasteiger partial charge in [0.25, 0.3) is 0 Å². The molecule has 4 aliphatic rings. The number of carbonyl (C=O) groups excluding carboxylic acids is 3. The van der Waals surface area contributed by atoms with Gasteiger partial charge in [0.15, 0.2) is 0 Å². The molecule has 4 saturated heterocycles. The number of fused-ring (bicyclic) bond motifs is 1. The highest BCUT2D eigenvalue weighted by Crippen LogP contribution is 2.60. The highest BCUT2D eigenvalue weighted by molar-refractivity contribution is 9.09. The van der Waals surface area contributed by atoms with Gasteiger partial charge in [-0.15, -0.1) is 6.58 Å². The fourth-order valence-corrected chi connectivity index (χ4v) is 7.48. The third-order valence-electron chi connectivity index (χ3n) is 8.34. The summed E-state index contributed by atoms with van der Waals surface area (Å²) in [7, 11) is 0. The summed E-state index contributed by atoms with van der Waals surface area (Å²) in [6.07, 6.45) is 2.96. The van der Waals surface area contributed by atoms with Crippen LogP contribution >= 0.6 is 15.9 Å². The summed E-state index contributed by atoms with van der Waals surface area (Å²) in [6.45, 7) is 15.3. The second-order valence-corrected chi connectivity index (χ2v) is 12.0. The summed E-state index contributed by atoms with van der Waals surface area (Å²) in [6, 6.07) is -1.59. The first-order valence-electron chi connectivity index (χ1n) is 13.4. The number of esters is 1. The summed E-state index contributed by atoms with van der Waals surface area (Å²) in [4.78, 5) is 47.0. The number of ether oxygens (including phenoxy) is 3. The second-order valence-electron chi connectivity index (χ2n) is 10.8. The molecule has 4 rings (SSSR count). The van der Waals surface area contributed by atoms with Crippen molar-refractivity contribution in [2.75, 3.05) is 59.2 Å². The molecule has 212 valence electrons. The van der Waals surface area contributed by atoms with E-state index in [4.69, 9.17) is 14.2 Å².